The van der Waals surface area contributed by atoms with E-state index in [2.05, 4.69) is 4.72 Å². The van der Waals surface area contributed by atoms with Crippen LogP contribution in [0.5, 0.6) is 0 Å². The molecule has 27 heavy (non-hydrogen) atoms. The minimum atomic E-state index is -3.67. The second-order valence-corrected chi connectivity index (χ2v) is 7.79. The van der Waals surface area contributed by atoms with Crippen molar-refractivity contribution in [2.75, 3.05) is 7.05 Å². The van der Waals surface area contributed by atoms with Gasteiger partial charge in [0, 0.05) is 17.0 Å². The normalized spacial score (nSPS) is 11.5. The van der Waals surface area contributed by atoms with Crippen LogP contribution in [0.4, 0.5) is 0 Å². The summed E-state index contributed by atoms with van der Waals surface area (Å²) in [4.78, 5) is 24.0. The van der Waals surface area contributed by atoms with Crippen molar-refractivity contribution in [1.29, 1.82) is 0 Å². The highest BCUT2D eigenvalue weighted by Crippen LogP contribution is 2.20. The maximum Gasteiger partial charge on any atom is 0.338 e. The zero-order chi connectivity index (χ0) is 19.6. The number of rotatable bonds is 5. The average Bonchev–Trinajstić information content (AvgIpc) is 2.65. The number of hydrogen-bond donors (Lipinski definition) is 1. The molecule has 140 valence electrons. The molecule has 1 N–H and O–H groups in total. The maximum atomic E-state index is 12.3. The van der Waals surface area contributed by atoms with Crippen LogP contribution < -0.4 is 10.3 Å². The molecule has 3 rings (SSSR count). The van der Waals surface area contributed by atoms with Gasteiger partial charge in [-0.25, -0.2) is 22.7 Å². The molecule has 0 aliphatic carbocycles. The van der Waals surface area contributed by atoms with E-state index in [-0.39, 0.29) is 17.1 Å². The lowest BCUT2D eigenvalue weighted by Gasteiger charge is -2.09. The summed E-state index contributed by atoms with van der Waals surface area (Å²) in [6, 6.07) is 12.2. The minimum Gasteiger partial charge on any atom is -0.457 e. The smallest absolute Gasteiger partial charge is 0.338 e. The number of hydrogen-bond acceptors (Lipinski definition) is 6. The van der Waals surface area contributed by atoms with Gasteiger partial charge < -0.3 is 9.15 Å². The standard InChI is InChI=1S/C19H17NO6S/c1-12-6-7-16-14(10-18(21)26-17(16)8-12)11-25-19(22)13-4-3-5-15(9-13)27(23,24)20-2/h3-10,20H,11H2,1-2H3. The Morgan fingerprint density at radius 2 is 1.93 bits per heavy atom. The number of aryl methyl sites for hydroxylation is 1. The molecule has 0 saturated carbocycles. The number of sulfonamides is 1. The largest absolute Gasteiger partial charge is 0.457 e. The number of carbonyl (C=O) groups excluding carboxylic acids is 1. The lowest BCUT2D eigenvalue weighted by Crippen LogP contribution is -2.19. The Hall–Kier alpha value is -2.97. The third-order valence-electron chi connectivity index (χ3n) is 3.99. The SMILES string of the molecule is CNS(=O)(=O)c1cccc(C(=O)OCc2cc(=O)oc3cc(C)ccc23)c1. The number of carbonyl (C=O) groups is 1. The van der Waals surface area contributed by atoms with E-state index in [4.69, 9.17) is 9.15 Å². The highest BCUT2D eigenvalue weighted by Gasteiger charge is 2.16. The molecule has 0 amide bonds. The van der Waals surface area contributed by atoms with Gasteiger partial charge in [-0.1, -0.05) is 18.2 Å². The molecule has 0 aliphatic heterocycles. The summed E-state index contributed by atoms with van der Waals surface area (Å²) in [7, 11) is -2.39. The fourth-order valence-electron chi connectivity index (χ4n) is 2.59. The third-order valence-corrected chi connectivity index (χ3v) is 5.41. The van der Waals surface area contributed by atoms with Crippen molar-refractivity contribution in [3.63, 3.8) is 0 Å². The second kappa shape index (κ2) is 7.34. The molecule has 0 saturated heterocycles. The number of fused-ring (bicyclic) bond motifs is 1. The van der Waals surface area contributed by atoms with Crippen LogP contribution in [0.15, 0.2) is 62.6 Å². The summed E-state index contributed by atoms with van der Waals surface area (Å²) >= 11 is 0. The quantitative estimate of drug-likeness (QED) is 0.533. The van der Waals surface area contributed by atoms with Crippen LogP contribution >= 0.6 is 0 Å². The first kappa shape index (κ1) is 18.8. The molecule has 2 aromatic carbocycles. The Labute approximate surface area is 155 Å². The van der Waals surface area contributed by atoms with E-state index < -0.39 is 21.6 Å². The van der Waals surface area contributed by atoms with Gasteiger partial charge in [0.1, 0.15) is 12.2 Å². The zero-order valence-electron chi connectivity index (χ0n) is 14.7. The van der Waals surface area contributed by atoms with E-state index in [0.717, 1.165) is 5.56 Å². The van der Waals surface area contributed by atoms with Gasteiger partial charge in [-0.05, 0) is 43.8 Å². The Morgan fingerprint density at radius 3 is 2.67 bits per heavy atom. The Kier molecular flexibility index (Phi) is 5.11. The van der Waals surface area contributed by atoms with Crippen molar-refractivity contribution in [2.24, 2.45) is 0 Å². The highest BCUT2D eigenvalue weighted by atomic mass is 32.2. The van der Waals surface area contributed by atoms with Gasteiger partial charge in [0.05, 0.1) is 10.5 Å². The first-order valence-corrected chi connectivity index (χ1v) is 9.52. The molecule has 0 bridgehead atoms. The van der Waals surface area contributed by atoms with Crippen molar-refractivity contribution >= 4 is 27.0 Å². The van der Waals surface area contributed by atoms with Crippen LogP contribution in [-0.4, -0.2) is 21.4 Å². The van der Waals surface area contributed by atoms with Gasteiger partial charge in [-0.2, -0.15) is 0 Å². The summed E-state index contributed by atoms with van der Waals surface area (Å²) < 4.78 is 36.3. The van der Waals surface area contributed by atoms with Crippen LogP contribution in [0.1, 0.15) is 21.5 Å². The van der Waals surface area contributed by atoms with E-state index in [1.54, 1.807) is 12.1 Å². The van der Waals surface area contributed by atoms with Crippen LogP contribution in [0.25, 0.3) is 11.0 Å². The highest BCUT2D eigenvalue weighted by molar-refractivity contribution is 7.89. The van der Waals surface area contributed by atoms with Crippen LogP contribution in [0, 0.1) is 6.92 Å². The number of benzene rings is 2. The van der Waals surface area contributed by atoms with E-state index in [1.807, 2.05) is 13.0 Å². The van der Waals surface area contributed by atoms with Crippen molar-refractivity contribution < 1.29 is 22.4 Å². The molecule has 0 aliphatic rings. The molecular formula is C19H17NO6S. The molecule has 0 atom stereocenters. The van der Waals surface area contributed by atoms with Crippen LogP contribution in [0.3, 0.4) is 0 Å². The van der Waals surface area contributed by atoms with Crippen molar-refractivity contribution in [3.05, 3.63) is 75.6 Å². The average molecular weight is 387 g/mol. The number of nitrogens with one attached hydrogen (secondary N) is 1. The first-order chi connectivity index (χ1) is 12.8. The Balaban J connectivity index is 1.86. The molecule has 1 heterocycles. The maximum absolute atomic E-state index is 12.3. The van der Waals surface area contributed by atoms with E-state index in [0.29, 0.717) is 16.5 Å². The molecule has 0 unspecified atom stereocenters. The number of ether oxygens (including phenoxy) is 1. The van der Waals surface area contributed by atoms with Crippen LogP contribution in [0.2, 0.25) is 0 Å². The predicted octanol–water partition coefficient (Wildman–Crippen LogP) is 2.37. The molecule has 8 heteroatoms. The molecular weight excluding hydrogens is 370 g/mol. The fourth-order valence-corrected chi connectivity index (χ4v) is 3.37. The summed E-state index contributed by atoms with van der Waals surface area (Å²) in [5, 5.41) is 0.666. The molecule has 7 nitrogen and oxygen atoms in total. The van der Waals surface area contributed by atoms with Gasteiger partial charge in [-0.15, -0.1) is 0 Å². The first-order valence-electron chi connectivity index (χ1n) is 8.04. The second-order valence-electron chi connectivity index (χ2n) is 5.90. The molecule has 1 aromatic heterocycles. The summed E-state index contributed by atoms with van der Waals surface area (Å²) in [5.41, 5.74) is 1.40. The Bertz CT molecular complexity index is 1180. The van der Waals surface area contributed by atoms with E-state index in [1.165, 1.54) is 37.4 Å². The molecule has 3 aromatic rings. The summed E-state index contributed by atoms with van der Waals surface area (Å²) in [6.45, 7) is 1.73. The minimum absolute atomic E-state index is 0.0410. The van der Waals surface area contributed by atoms with Gasteiger partial charge in [0.25, 0.3) is 0 Å². The van der Waals surface area contributed by atoms with Gasteiger partial charge >= 0.3 is 11.6 Å². The molecule has 0 radical (unpaired) electrons. The topological polar surface area (TPSA) is 103 Å². The predicted molar refractivity (Wildman–Crippen MR) is 99.0 cm³/mol. The van der Waals surface area contributed by atoms with Gasteiger partial charge in [0.15, 0.2) is 0 Å². The van der Waals surface area contributed by atoms with Crippen LogP contribution in [-0.2, 0) is 21.4 Å². The van der Waals surface area contributed by atoms with Gasteiger partial charge in [-0.3, -0.25) is 0 Å². The summed E-state index contributed by atoms with van der Waals surface area (Å²) in [5.74, 6) is -0.698. The zero-order valence-corrected chi connectivity index (χ0v) is 15.5. The van der Waals surface area contributed by atoms with Crippen molar-refractivity contribution in [1.82, 2.24) is 4.72 Å². The van der Waals surface area contributed by atoms with Crippen molar-refractivity contribution in [2.45, 2.75) is 18.4 Å². The summed E-state index contributed by atoms with van der Waals surface area (Å²) in [6.07, 6.45) is 0. The molecule has 0 spiro atoms. The number of esters is 1. The third kappa shape index (κ3) is 4.07. The van der Waals surface area contributed by atoms with E-state index in [9.17, 15) is 18.0 Å². The van der Waals surface area contributed by atoms with Gasteiger partial charge in [0.2, 0.25) is 10.0 Å². The monoisotopic (exact) mass is 387 g/mol. The lowest BCUT2D eigenvalue weighted by molar-refractivity contribution is 0.0473. The fraction of sp³-hybridized carbons (Fsp3) is 0.158. The van der Waals surface area contributed by atoms with E-state index >= 15 is 0 Å². The Morgan fingerprint density at radius 1 is 1.15 bits per heavy atom. The molecule has 0 fully saturated rings. The lowest BCUT2D eigenvalue weighted by atomic mass is 10.1. The van der Waals surface area contributed by atoms with Crippen molar-refractivity contribution in [3.8, 4) is 0 Å².